The van der Waals surface area contributed by atoms with Crippen molar-refractivity contribution in [3.63, 3.8) is 0 Å². The molecule has 0 spiro atoms. The second kappa shape index (κ2) is 7.62. The van der Waals surface area contributed by atoms with E-state index in [-0.39, 0.29) is 0 Å². The molecule has 2 N–H and O–H groups in total. The van der Waals surface area contributed by atoms with Crippen LogP contribution in [0.5, 0.6) is 0 Å². The van der Waals surface area contributed by atoms with Crippen molar-refractivity contribution in [2.45, 2.75) is 52.5 Å². The first-order valence-electron chi connectivity index (χ1n) is 7.65. The molecule has 0 saturated heterocycles. The Kier molecular flexibility index (Phi) is 5.83. The fraction of sp³-hybridized carbons (Fsp3) is 0.733. The van der Waals surface area contributed by atoms with Gasteiger partial charge in [-0.2, -0.15) is 0 Å². The van der Waals surface area contributed by atoms with Crippen LogP contribution in [-0.2, 0) is 6.42 Å². The maximum Gasteiger partial charge on any atom is 0.191 e. The summed E-state index contributed by atoms with van der Waals surface area (Å²) in [4.78, 5) is 9.13. The monoisotopic (exact) mass is 294 g/mol. The van der Waals surface area contributed by atoms with Crippen molar-refractivity contribution < 1.29 is 0 Å². The second-order valence-corrected chi connectivity index (χ2v) is 6.51. The van der Waals surface area contributed by atoms with Gasteiger partial charge in [0.2, 0.25) is 0 Å². The summed E-state index contributed by atoms with van der Waals surface area (Å²) in [6.07, 6.45) is 4.64. The first-order valence-corrected chi connectivity index (χ1v) is 8.53. The molecule has 0 bridgehead atoms. The average Bonchev–Trinajstić information content (AvgIpc) is 2.94. The van der Waals surface area contributed by atoms with Gasteiger partial charge in [-0.15, -0.1) is 11.3 Å². The zero-order valence-corrected chi connectivity index (χ0v) is 13.6. The summed E-state index contributed by atoms with van der Waals surface area (Å²) in [5.74, 6) is 1.78. The maximum atomic E-state index is 4.64. The molecule has 4 nitrogen and oxygen atoms in total. The molecule has 1 fully saturated rings. The number of nitrogens with one attached hydrogen (secondary N) is 2. The zero-order valence-electron chi connectivity index (χ0n) is 12.8. The maximum absolute atomic E-state index is 4.64. The molecule has 1 aromatic heterocycles. The van der Waals surface area contributed by atoms with Gasteiger partial charge in [0.15, 0.2) is 5.96 Å². The molecule has 2 unspecified atom stereocenters. The molecule has 1 aromatic rings. The first kappa shape index (κ1) is 15.3. The lowest BCUT2D eigenvalue weighted by Crippen LogP contribution is -2.39. The summed E-state index contributed by atoms with van der Waals surface area (Å²) in [6, 6.07) is 0.631. The second-order valence-electron chi connectivity index (χ2n) is 5.56. The van der Waals surface area contributed by atoms with Gasteiger partial charge in [0, 0.05) is 30.2 Å². The summed E-state index contributed by atoms with van der Waals surface area (Å²) in [5, 5.41) is 10.2. The number of nitrogens with zero attached hydrogens (tertiary/aromatic N) is 2. The SMILES string of the molecule is CCNC(=NCCCCc1nc(C)cs1)NC1CC1C. The van der Waals surface area contributed by atoms with E-state index in [4.69, 9.17) is 0 Å². The molecular formula is C15H26N4S. The predicted molar refractivity (Wildman–Crippen MR) is 86.5 cm³/mol. The smallest absolute Gasteiger partial charge is 0.191 e. The number of hydrogen-bond donors (Lipinski definition) is 2. The number of aromatic nitrogens is 1. The molecule has 0 amide bonds. The molecule has 5 heteroatoms. The minimum absolute atomic E-state index is 0.631. The Labute approximate surface area is 126 Å². The van der Waals surface area contributed by atoms with Crippen LogP contribution in [0.15, 0.2) is 10.4 Å². The Bertz CT molecular complexity index is 441. The minimum Gasteiger partial charge on any atom is -0.357 e. The first-order chi connectivity index (χ1) is 9.69. The van der Waals surface area contributed by atoms with Crippen molar-refractivity contribution in [2.24, 2.45) is 10.9 Å². The Morgan fingerprint density at radius 2 is 2.30 bits per heavy atom. The summed E-state index contributed by atoms with van der Waals surface area (Å²) in [5.41, 5.74) is 1.14. The number of thiazole rings is 1. The number of rotatable bonds is 7. The number of aryl methyl sites for hydroxylation is 2. The van der Waals surface area contributed by atoms with Crippen LogP contribution in [-0.4, -0.2) is 30.1 Å². The van der Waals surface area contributed by atoms with Gasteiger partial charge in [-0.25, -0.2) is 4.98 Å². The third kappa shape index (κ3) is 5.12. The topological polar surface area (TPSA) is 49.3 Å². The molecule has 2 rings (SSSR count). The molecule has 0 radical (unpaired) electrons. The van der Waals surface area contributed by atoms with Gasteiger partial charge in [-0.05, 0) is 45.4 Å². The van der Waals surface area contributed by atoms with Crippen molar-refractivity contribution in [1.82, 2.24) is 15.6 Å². The normalized spacial score (nSPS) is 21.9. The van der Waals surface area contributed by atoms with Crippen molar-refractivity contribution in [3.05, 3.63) is 16.1 Å². The lowest BCUT2D eigenvalue weighted by atomic mass is 10.2. The molecule has 1 heterocycles. The minimum atomic E-state index is 0.631. The van der Waals surface area contributed by atoms with Gasteiger partial charge in [-0.3, -0.25) is 4.99 Å². The van der Waals surface area contributed by atoms with Crippen molar-refractivity contribution in [3.8, 4) is 0 Å². The fourth-order valence-electron chi connectivity index (χ4n) is 2.12. The predicted octanol–water partition coefficient (Wildman–Crippen LogP) is 2.74. The van der Waals surface area contributed by atoms with Gasteiger partial charge in [0.1, 0.15) is 0 Å². The third-order valence-electron chi connectivity index (χ3n) is 3.51. The van der Waals surface area contributed by atoms with Crippen LogP contribution in [0.2, 0.25) is 0 Å². The summed E-state index contributed by atoms with van der Waals surface area (Å²) >= 11 is 1.77. The van der Waals surface area contributed by atoms with E-state index in [0.717, 1.165) is 49.9 Å². The fourth-order valence-corrected chi connectivity index (χ4v) is 2.93. The standard InChI is InChI=1S/C15H26N4S/c1-4-16-15(19-13-9-11(13)2)17-8-6-5-7-14-18-12(3)10-20-14/h10-11,13H,4-9H2,1-3H3,(H2,16,17,19). The lowest BCUT2D eigenvalue weighted by Gasteiger charge is -2.10. The van der Waals surface area contributed by atoms with E-state index in [1.54, 1.807) is 11.3 Å². The average molecular weight is 294 g/mol. The number of guanidine groups is 1. The Morgan fingerprint density at radius 3 is 2.90 bits per heavy atom. The Balaban J connectivity index is 1.64. The molecule has 0 aromatic carbocycles. The summed E-state index contributed by atoms with van der Waals surface area (Å²) < 4.78 is 0. The van der Waals surface area contributed by atoms with Gasteiger partial charge in [-0.1, -0.05) is 6.92 Å². The summed E-state index contributed by atoms with van der Waals surface area (Å²) in [6.45, 7) is 8.25. The van der Waals surface area contributed by atoms with Gasteiger partial charge in [0.05, 0.1) is 5.01 Å². The van der Waals surface area contributed by atoms with E-state index < -0.39 is 0 Å². The van der Waals surface area contributed by atoms with Crippen molar-refractivity contribution in [1.29, 1.82) is 0 Å². The van der Waals surface area contributed by atoms with E-state index in [1.807, 2.05) is 0 Å². The molecule has 2 atom stereocenters. The highest BCUT2D eigenvalue weighted by Gasteiger charge is 2.33. The number of hydrogen-bond acceptors (Lipinski definition) is 3. The van der Waals surface area contributed by atoms with Crippen LogP contribution in [0.1, 0.15) is 43.8 Å². The highest BCUT2D eigenvalue weighted by atomic mass is 32.1. The molecule has 1 aliphatic rings. The van der Waals surface area contributed by atoms with E-state index in [1.165, 1.54) is 11.4 Å². The molecule has 112 valence electrons. The quantitative estimate of drug-likeness (QED) is 0.462. The highest BCUT2D eigenvalue weighted by Crippen LogP contribution is 2.28. The highest BCUT2D eigenvalue weighted by molar-refractivity contribution is 7.09. The van der Waals surface area contributed by atoms with Gasteiger partial charge in [0.25, 0.3) is 0 Å². The number of aliphatic imine (C=N–C) groups is 1. The molecular weight excluding hydrogens is 268 g/mol. The van der Waals surface area contributed by atoms with E-state index in [0.29, 0.717) is 6.04 Å². The number of unbranched alkanes of at least 4 members (excludes halogenated alkanes) is 1. The largest absolute Gasteiger partial charge is 0.357 e. The molecule has 1 saturated carbocycles. The van der Waals surface area contributed by atoms with E-state index >= 15 is 0 Å². The van der Waals surface area contributed by atoms with Crippen LogP contribution in [0.4, 0.5) is 0 Å². The van der Waals surface area contributed by atoms with E-state index in [9.17, 15) is 0 Å². The van der Waals surface area contributed by atoms with Crippen molar-refractivity contribution in [2.75, 3.05) is 13.1 Å². The Morgan fingerprint density at radius 1 is 1.50 bits per heavy atom. The third-order valence-corrected chi connectivity index (χ3v) is 4.54. The zero-order chi connectivity index (χ0) is 14.4. The molecule has 1 aliphatic carbocycles. The molecule has 0 aliphatic heterocycles. The van der Waals surface area contributed by atoms with Crippen LogP contribution < -0.4 is 10.6 Å². The van der Waals surface area contributed by atoms with Crippen LogP contribution in [0, 0.1) is 12.8 Å². The Hall–Kier alpha value is -1.10. The van der Waals surface area contributed by atoms with Crippen LogP contribution in [0.25, 0.3) is 0 Å². The molecule has 20 heavy (non-hydrogen) atoms. The van der Waals surface area contributed by atoms with Crippen LogP contribution in [0.3, 0.4) is 0 Å². The van der Waals surface area contributed by atoms with E-state index in [2.05, 4.69) is 46.8 Å². The van der Waals surface area contributed by atoms with Gasteiger partial charge >= 0.3 is 0 Å². The van der Waals surface area contributed by atoms with Crippen LogP contribution >= 0.6 is 11.3 Å². The summed E-state index contributed by atoms with van der Waals surface area (Å²) in [7, 11) is 0. The van der Waals surface area contributed by atoms with Crippen molar-refractivity contribution >= 4 is 17.3 Å². The van der Waals surface area contributed by atoms with Gasteiger partial charge < -0.3 is 10.6 Å². The lowest BCUT2D eigenvalue weighted by molar-refractivity contribution is 0.721.